The van der Waals surface area contributed by atoms with E-state index in [0.717, 1.165) is 50.7 Å². The summed E-state index contributed by atoms with van der Waals surface area (Å²) < 4.78 is 19.3. The van der Waals surface area contributed by atoms with Crippen LogP contribution >= 0.6 is 0 Å². The molecule has 0 spiro atoms. The lowest BCUT2D eigenvalue weighted by atomic mass is 10.0. The first-order chi connectivity index (χ1) is 19.1. The van der Waals surface area contributed by atoms with E-state index in [4.69, 9.17) is 34.9 Å². The number of nitrogens with two attached hydrogens (primary N) is 1. The van der Waals surface area contributed by atoms with Crippen LogP contribution in [-0.2, 0) is 4.74 Å². The van der Waals surface area contributed by atoms with Gasteiger partial charge in [0.25, 0.3) is 5.91 Å². The molecule has 1 aromatic carbocycles. The SMILES string of the molecule is COc1c(OCCCN2CCOCC2)ccc2c1N=C(c1nc(-n3cccc3)ccc1C(N)=O)N1CCN=C21. The highest BCUT2D eigenvalue weighted by Crippen LogP contribution is 2.44. The van der Waals surface area contributed by atoms with Crippen molar-refractivity contribution >= 4 is 23.3 Å². The number of hydrogen-bond donors (Lipinski definition) is 1. The van der Waals surface area contributed by atoms with Crippen molar-refractivity contribution < 1.29 is 19.0 Å². The number of ether oxygens (including phenoxy) is 3. The van der Waals surface area contributed by atoms with Gasteiger partial charge in [-0.15, -0.1) is 0 Å². The maximum absolute atomic E-state index is 12.5. The minimum atomic E-state index is -0.577. The van der Waals surface area contributed by atoms with Crippen LogP contribution in [0.5, 0.6) is 11.5 Å². The number of fused-ring (bicyclic) bond motifs is 3. The van der Waals surface area contributed by atoms with Crippen LogP contribution in [0.3, 0.4) is 0 Å². The molecule has 0 unspecified atom stereocenters. The Morgan fingerprint density at radius 3 is 2.67 bits per heavy atom. The van der Waals surface area contributed by atoms with E-state index in [1.165, 1.54) is 0 Å². The van der Waals surface area contributed by atoms with E-state index in [2.05, 4.69) is 4.90 Å². The van der Waals surface area contributed by atoms with Gasteiger partial charge in [0.1, 0.15) is 23.0 Å². The van der Waals surface area contributed by atoms with Crippen molar-refractivity contribution in [3.63, 3.8) is 0 Å². The highest BCUT2D eigenvalue weighted by molar-refractivity contribution is 6.22. The quantitative estimate of drug-likeness (QED) is 0.422. The molecule has 0 aliphatic carbocycles. The monoisotopic (exact) mass is 529 g/mol. The van der Waals surface area contributed by atoms with Crippen LogP contribution < -0.4 is 15.2 Å². The Labute approximate surface area is 226 Å². The molecule has 3 aromatic rings. The summed E-state index contributed by atoms with van der Waals surface area (Å²) in [5.74, 6) is 2.47. The van der Waals surface area contributed by atoms with Crippen LogP contribution in [0.4, 0.5) is 5.69 Å². The number of methoxy groups -OCH3 is 1. The van der Waals surface area contributed by atoms with E-state index in [-0.39, 0.29) is 5.56 Å². The van der Waals surface area contributed by atoms with Crippen molar-refractivity contribution in [2.24, 2.45) is 15.7 Å². The van der Waals surface area contributed by atoms with Crippen LogP contribution in [0.1, 0.15) is 28.0 Å². The average molecular weight is 530 g/mol. The van der Waals surface area contributed by atoms with Crippen LogP contribution in [0.15, 0.2) is 58.8 Å². The van der Waals surface area contributed by atoms with Gasteiger partial charge in [-0.1, -0.05) is 0 Å². The summed E-state index contributed by atoms with van der Waals surface area (Å²) in [6.07, 6.45) is 4.66. The lowest BCUT2D eigenvalue weighted by Gasteiger charge is -2.29. The molecular weight excluding hydrogens is 498 g/mol. The van der Waals surface area contributed by atoms with Gasteiger partial charge in [0.2, 0.25) is 0 Å². The molecule has 3 aliphatic heterocycles. The molecule has 1 amide bonds. The molecule has 202 valence electrons. The van der Waals surface area contributed by atoms with Crippen LogP contribution in [0.2, 0.25) is 0 Å². The molecule has 2 aromatic heterocycles. The first kappa shape index (κ1) is 25.1. The molecule has 1 fully saturated rings. The number of carbonyl (C=O) groups excluding carboxylic acids is 1. The van der Waals surface area contributed by atoms with E-state index in [1.807, 2.05) is 46.1 Å². The third kappa shape index (κ3) is 4.86. The fourth-order valence-corrected chi connectivity index (χ4v) is 5.13. The lowest BCUT2D eigenvalue weighted by Crippen LogP contribution is -2.39. The highest BCUT2D eigenvalue weighted by Gasteiger charge is 2.35. The number of amidine groups is 2. The molecule has 5 heterocycles. The van der Waals surface area contributed by atoms with Gasteiger partial charge in [0.15, 0.2) is 17.3 Å². The summed E-state index contributed by atoms with van der Waals surface area (Å²) >= 11 is 0. The summed E-state index contributed by atoms with van der Waals surface area (Å²) in [6, 6.07) is 11.2. The van der Waals surface area contributed by atoms with Crippen molar-refractivity contribution in [3.8, 4) is 17.3 Å². The molecule has 11 heteroatoms. The Kier molecular flexibility index (Phi) is 6.99. The van der Waals surface area contributed by atoms with Crippen molar-refractivity contribution in [1.29, 1.82) is 0 Å². The molecule has 11 nitrogen and oxygen atoms in total. The largest absolute Gasteiger partial charge is 0.491 e. The van der Waals surface area contributed by atoms with Gasteiger partial charge in [-0.3, -0.25) is 14.7 Å². The Hall–Kier alpha value is -4.22. The summed E-state index contributed by atoms with van der Waals surface area (Å²) in [6.45, 7) is 6.16. The zero-order chi connectivity index (χ0) is 26.8. The van der Waals surface area contributed by atoms with Gasteiger partial charge in [-0.05, 0) is 42.8 Å². The molecule has 0 bridgehead atoms. The summed E-state index contributed by atoms with van der Waals surface area (Å²) in [4.78, 5) is 31.4. The number of aromatic nitrogens is 2. The molecule has 0 atom stereocenters. The van der Waals surface area contributed by atoms with Gasteiger partial charge in [-0.25, -0.2) is 9.98 Å². The minimum absolute atomic E-state index is 0.286. The number of hydrogen-bond acceptors (Lipinski definition) is 9. The van der Waals surface area contributed by atoms with Gasteiger partial charge in [-0.2, -0.15) is 0 Å². The minimum Gasteiger partial charge on any atom is -0.491 e. The van der Waals surface area contributed by atoms with Crippen molar-refractivity contribution in [2.75, 3.05) is 59.7 Å². The number of pyridine rings is 1. The maximum Gasteiger partial charge on any atom is 0.251 e. The molecule has 0 saturated carbocycles. The van der Waals surface area contributed by atoms with E-state index < -0.39 is 5.91 Å². The standard InChI is InChI=1S/C28H31N7O4/c1-37-25-21(39-16-4-10-33-14-17-38-18-15-33)7-5-20-23(25)32-28(35-13-9-30-27(20)35)24-19(26(29)36)6-8-22(31-24)34-11-2-3-12-34/h2-3,5-8,11-12H,4,9-10,13-18H2,1H3,(H2,29,36). The molecule has 1 saturated heterocycles. The lowest BCUT2D eigenvalue weighted by molar-refractivity contribution is 0.0357. The highest BCUT2D eigenvalue weighted by atomic mass is 16.5. The normalized spacial score (nSPS) is 16.8. The molecule has 3 aliphatic rings. The third-order valence-corrected chi connectivity index (χ3v) is 7.06. The first-order valence-electron chi connectivity index (χ1n) is 13.1. The number of primary amides is 1. The van der Waals surface area contributed by atoms with E-state index in [9.17, 15) is 4.79 Å². The van der Waals surface area contributed by atoms with Crippen LogP contribution in [-0.4, -0.2) is 96.6 Å². The number of nitrogens with zero attached hydrogens (tertiary/aromatic N) is 6. The number of aliphatic imine (C=N–C) groups is 2. The molecule has 0 radical (unpaired) electrons. The average Bonchev–Trinajstić information content (AvgIpc) is 3.68. The topological polar surface area (TPSA) is 120 Å². The Balaban J connectivity index is 1.36. The van der Waals surface area contributed by atoms with Crippen LogP contribution in [0, 0.1) is 0 Å². The van der Waals surface area contributed by atoms with Crippen LogP contribution in [0.25, 0.3) is 5.82 Å². The second kappa shape index (κ2) is 10.9. The summed E-state index contributed by atoms with van der Waals surface area (Å²) in [5.41, 5.74) is 7.90. The third-order valence-electron chi connectivity index (χ3n) is 7.06. The van der Waals surface area contributed by atoms with E-state index in [0.29, 0.717) is 54.2 Å². The second-order valence-electron chi connectivity index (χ2n) is 9.46. The molecule has 6 rings (SSSR count). The van der Waals surface area contributed by atoms with Crippen molar-refractivity contribution in [1.82, 2.24) is 19.4 Å². The number of benzene rings is 1. The Morgan fingerprint density at radius 2 is 1.90 bits per heavy atom. The number of amides is 1. The van der Waals surface area contributed by atoms with Gasteiger partial charge < -0.3 is 29.4 Å². The predicted octanol–water partition coefficient (Wildman–Crippen LogP) is 2.23. The number of morpholine rings is 1. The van der Waals surface area contributed by atoms with E-state index >= 15 is 0 Å². The Bertz CT molecular complexity index is 1430. The fraction of sp³-hybridized carbons (Fsp3) is 0.357. The van der Waals surface area contributed by atoms with Gasteiger partial charge in [0, 0.05) is 44.1 Å². The van der Waals surface area contributed by atoms with Crippen molar-refractivity contribution in [2.45, 2.75) is 6.42 Å². The molecular formula is C28H31N7O4. The smallest absolute Gasteiger partial charge is 0.251 e. The zero-order valence-corrected chi connectivity index (χ0v) is 21.9. The number of carbonyl (C=O) groups is 1. The maximum atomic E-state index is 12.5. The number of rotatable bonds is 9. The fourth-order valence-electron chi connectivity index (χ4n) is 5.13. The molecule has 2 N–H and O–H groups in total. The van der Waals surface area contributed by atoms with Gasteiger partial charge >= 0.3 is 0 Å². The first-order valence-corrected chi connectivity index (χ1v) is 13.1. The van der Waals surface area contributed by atoms with E-state index in [1.54, 1.807) is 19.2 Å². The summed E-state index contributed by atoms with van der Waals surface area (Å²) in [7, 11) is 1.61. The predicted molar refractivity (Wildman–Crippen MR) is 147 cm³/mol. The second-order valence-corrected chi connectivity index (χ2v) is 9.46. The summed E-state index contributed by atoms with van der Waals surface area (Å²) in [5, 5.41) is 0. The zero-order valence-electron chi connectivity index (χ0n) is 21.9. The Morgan fingerprint density at radius 1 is 1.08 bits per heavy atom. The van der Waals surface area contributed by atoms with Gasteiger partial charge in [0.05, 0.1) is 39.0 Å². The van der Waals surface area contributed by atoms with Crippen molar-refractivity contribution in [3.05, 3.63) is 65.6 Å². The molecule has 39 heavy (non-hydrogen) atoms.